The van der Waals surface area contributed by atoms with E-state index in [1.54, 1.807) is 7.11 Å². The Hall–Kier alpha value is -2.97. The number of benzene rings is 3. The molecule has 3 heterocycles. The van der Waals surface area contributed by atoms with Crippen molar-refractivity contribution in [2.45, 2.75) is 82.9 Å². The minimum Gasteiger partial charge on any atom is -0.496 e. The summed E-state index contributed by atoms with van der Waals surface area (Å²) >= 11 is 0. The molecule has 50 heavy (non-hydrogen) atoms. The minimum atomic E-state index is -2.64. The lowest BCUT2D eigenvalue weighted by Crippen LogP contribution is -2.43. The summed E-state index contributed by atoms with van der Waals surface area (Å²) in [4.78, 5) is 13.7. The standard InChI is InChI=1S/C39H50O10Si/c1-28-38-29(2)48-50(47-28,49-38)21-11-10-16-35(40)32-22-33-24-43-26-36(30-12-6-4-7-13-30)45-19-17-42-18-20-46-37(31-14-8-5-9-15-31)27-44-25-34(23-32)39(33)41-3/h4-9,12-15,22-23,28-29,36-38H,10-11,16-21,24-27H2,1-3H3/t28?,29?,36-,37-,38?,50?/m1/s1. The summed E-state index contributed by atoms with van der Waals surface area (Å²) in [5.74, 6) is 0.690. The second kappa shape index (κ2) is 18.0. The maximum Gasteiger partial charge on any atom is 0.502 e. The number of ketones is 1. The van der Waals surface area contributed by atoms with Gasteiger partial charge in [-0.3, -0.25) is 4.79 Å². The van der Waals surface area contributed by atoms with Crippen LogP contribution in [0, 0.1) is 0 Å². The van der Waals surface area contributed by atoms with Gasteiger partial charge in [-0.05, 0) is 49.9 Å². The van der Waals surface area contributed by atoms with Crippen molar-refractivity contribution in [3.63, 3.8) is 0 Å². The van der Waals surface area contributed by atoms with Crippen molar-refractivity contribution in [3.8, 4) is 5.75 Å². The van der Waals surface area contributed by atoms with Crippen LogP contribution in [0.3, 0.4) is 0 Å². The van der Waals surface area contributed by atoms with Gasteiger partial charge < -0.3 is 41.7 Å². The summed E-state index contributed by atoms with van der Waals surface area (Å²) < 4.78 is 55.2. The van der Waals surface area contributed by atoms with Crippen LogP contribution in [-0.2, 0) is 50.2 Å². The molecule has 3 aliphatic heterocycles. The van der Waals surface area contributed by atoms with Gasteiger partial charge in [0, 0.05) is 29.2 Å². The third kappa shape index (κ3) is 9.47. The number of carbonyl (C=O) groups is 1. The maximum atomic E-state index is 13.7. The number of methoxy groups -OCH3 is 1. The Balaban J connectivity index is 1.18. The Morgan fingerprint density at radius 1 is 0.720 bits per heavy atom. The zero-order chi connectivity index (χ0) is 34.8. The van der Waals surface area contributed by atoms with Crippen molar-refractivity contribution in [2.75, 3.05) is 46.8 Å². The number of carbonyl (C=O) groups excluding carboxylic acids is 1. The number of ether oxygens (including phenoxy) is 6. The first-order chi connectivity index (χ1) is 24.4. The number of unbranched alkanes of at least 4 members (excludes halogenated alkanes) is 1. The van der Waals surface area contributed by atoms with Crippen molar-refractivity contribution >= 4 is 14.6 Å². The fourth-order valence-corrected chi connectivity index (χ4v) is 10.3. The molecule has 270 valence electrons. The van der Waals surface area contributed by atoms with E-state index >= 15 is 0 Å². The zero-order valence-corrected chi connectivity index (χ0v) is 30.4. The highest BCUT2D eigenvalue weighted by molar-refractivity contribution is 6.62. The highest BCUT2D eigenvalue weighted by Crippen LogP contribution is 2.40. The lowest BCUT2D eigenvalue weighted by atomic mass is 9.99. The van der Waals surface area contributed by atoms with Crippen LogP contribution in [0.25, 0.3) is 0 Å². The van der Waals surface area contributed by atoms with Crippen molar-refractivity contribution in [3.05, 3.63) is 101 Å². The Morgan fingerprint density at radius 2 is 1.26 bits per heavy atom. The lowest BCUT2D eigenvalue weighted by molar-refractivity contribution is -0.0646. The predicted molar refractivity (Wildman–Crippen MR) is 188 cm³/mol. The van der Waals surface area contributed by atoms with Gasteiger partial charge in [0.05, 0.1) is 78.3 Å². The number of rotatable bonds is 9. The van der Waals surface area contributed by atoms with Gasteiger partial charge in [-0.25, -0.2) is 0 Å². The smallest absolute Gasteiger partial charge is 0.496 e. The molecule has 6 rings (SSSR count). The molecule has 0 spiro atoms. The summed E-state index contributed by atoms with van der Waals surface area (Å²) in [6, 6.07) is 24.5. The molecule has 2 saturated heterocycles. The average Bonchev–Trinajstić information content (AvgIpc) is 3.64. The molecule has 0 aliphatic carbocycles. The average molecular weight is 707 g/mol. The fourth-order valence-electron chi connectivity index (χ4n) is 6.87. The molecule has 0 N–H and O–H groups in total. The van der Waals surface area contributed by atoms with Crippen LogP contribution in [-0.4, -0.2) is 79.7 Å². The molecule has 4 bridgehead atoms. The van der Waals surface area contributed by atoms with E-state index in [1.807, 2.05) is 86.6 Å². The molecule has 2 fully saturated rings. The number of fused-ring (bicyclic) bond motifs is 4. The van der Waals surface area contributed by atoms with Crippen LogP contribution in [0.4, 0.5) is 0 Å². The molecular weight excluding hydrogens is 657 g/mol. The van der Waals surface area contributed by atoms with Gasteiger partial charge >= 0.3 is 8.80 Å². The van der Waals surface area contributed by atoms with Crippen molar-refractivity contribution in [1.82, 2.24) is 0 Å². The lowest BCUT2D eigenvalue weighted by Gasteiger charge is -2.26. The predicted octanol–water partition coefficient (Wildman–Crippen LogP) is 6.79. The van der Waals surface area contributed by atoms with E-state index in [1.165, 1.54) is 0 Å². The first-order valence-electron chi connectivity index (χ1n) is 17.8. The molecule has 3 aliphatic rings. The van der Waals surface area contributed by atoms with Gasteiger partial charge in [0.1, 0.15) is 18.0 Å². The Labute approximate surface area is 296 Å². The summed E-state index contributed by atoms with van der Waals surface area (Å²) in [7, 11) is -1.00. The van der Waals surface area contributed by atoms with Crippen molar-refractivity contribution in [1.29, 1.82) is 0 Å². The van der Waals surface area contributed by atoms with Crippen molar-refractivity contribution in [2.24, 2.45) is 0 Å². The van der Waals surface area contributed by atoms with Gasteiger partial charge in [0.25, 0.3) is 0 Å². The third-order valence-electron chi connectivity index (χ3n) is 9.37. The Bertz CT molecular complexity index is 1410. The molecule has 11 heteroatoms. The Morgan fingerprint density at radius 3 is 1.76 bits per heavy atom. The van der Waals surface area contributed by atoms with Crippen LogP contribution in [0.2, 0.25) is 6.04 Å². The number of Topliss-reactive ketones (excluding diaryl/α,β-unsaturated/α-hetero) is 1. The molecule has 3 aromatic rings. The molecule has 4 atom stereocenters. The van der Waals surface area contributed by atoms with Gasteiger partial charge in [-0.15, -0.1) is 0 Å². The van der Waals surface area contributed by atoms with Gasteiger partial charge in [0.15, 0.2) is 5.78 Å². The second-order valence-electron chi connectivity index (χ2n) is 13.1. The molecule has 0 amide bonds. The van der Waals surface area contributed by atoms with E-state index in [0.717, 1.165) is 28.7 Å². The van der Waals surface area contributed by atoms with Gasteiger partial charge in [-0.1, -0.05) is 60.7 Å². The summed E-state index contributed by atoms with van der Waals surface area (Å²) in [5, 5.41) is 0. The molecule has 0 radical (unpaired) electrons. The first-order valence-corrected chi connectivity index (χ1v) is 19.7. The zero-order valence-electron chi connectivity index (χ0n) is 29.4. The number of hydrogen-bond acceptors (Lipinski definition) is 10. The number of hydrogen-bond donors (Lipinski definition) is 0. The SMILES string of the molecule is COc1c2cc(C(=O)CCCC[Si]34OC(C)C(O3)C(C)O4)cc1COC[C@H](c1ccccc1)OCCOCCO[C@@H](c1ccccc1)COC2. The summed E-state index contributed by atoms with van der Waals surface area (Å²) in [6.07, 6.45) is 1.43. The fraction of sp³-hybridized carbons (Fsp3) is 0.513. The minimum absolute atomic E-state index is 0.0127. The van der Waals surface area contributed by atoms with E-state index in [9.17, 15) is 4.79 Å². The quantitative estimate of drug-likeness (QED) is 0.134. The van der Waals surface area contributed by atoms with Crippen LogP contribution in [0.15, 0.2) is 72.8 Å². The van der Waals surface area contributed by atoms with E-state index in [2.05, 4.69) is 0 Å². The summed E-state index contributed by atoms with van der Waals surface area (Å²) in [6.45, 7) is 6.84. The van der Waals surface area contributed by atoms with E-state index in [-0.39, 0.29) is 49.5 Å². The normalized spacial score (nSPS) is 28.1. The summed E-state index contributed by atoms with van der Waals surface area (Å²) in [5.41, 5.74) is 4.18. The van der Waals surface area contributed by atoms with Crippen molar-refractivity contribution < 1.29 is 46.5 Å². The molecule has 2 unspecified atom stereocenters. The topological polar surface area (TPSA) is 100 Å². The van der Waals surface area contributed by atoms with E-state index in [4.69, 9.17) is 41.7 Å². The highest BCUT2D eigenvalue weighted by atomic mass is 28.4. The third-order valence-corrected chi connectivity index (χ3v) is 12.4. The van der Waals surface area contributed by atoms with Gasteiger partial charge in [-0.2, -0.15) is 0 Å². The van der Waals surface area contributed by atoms with Crippen LogP contribution < -0.4 is 4.74 Å². The van der Waals surface area contributed by atoms with Gasteiger partial charge in [0.2, 0.25) is 0 Å². The molecule has 0 aromatic heterocycles. The molecule has 10 nitrogen and oxygen atoms in total. The monoisotopic (exact) mass is 706 g/mol. The molecular formula is C39H50O10Si. The van der Waals surface area contributed by atoms with Crippen LogP contribution in [0.5, 0.6) is 5.75 Å². The van der Waals surface area contributed by atoms with Crippen LogP contribution in [0.1, 0.15) is 77.9 Å². The molecule has 3 aromatic carbocycles. The van der Waals surface area contributed by atoms with E-state index in [0.29, 0.717) is 69.8 Å². The first kappa shape index (κ1) is 36.8. The largest absolute Gasteiger partial charge is 0.502 e. The highest BCUT2D eigenvalue weighted by Gasteiger charge is 2.60. The van der Waals surface area contributed by atoms with Crippen LogP contribution >= 0.6 is 0 Å². The van der Waals surface area contributed by atoms with E-state index < -0.39 is 8.80 Å². The maximum absolute atomic E-state index is 13.7. The second-order valence-corrected chi connectivity index (χ2v) is 15.6. The Kier molecular flexibility index (Phi) is 13.2. The molecule has 0 saturated carbocycles.